The Morgan fingerprint density at radius 2 is 1.86 bits per heavy atom. The molecule has 0 radical (unpaired) electrons. The zero-order valence-electron chi connectivity index (χ0n) is 22.6. The zero-order chi connectivity index (χ0) is 25.7. The Kier molecular flexibility index (Phi) is 5.69. The molecule has 6 rings (SSSR count). The summed E-state index contributed by atoms with van der Waals surface area (Å²) in [6, 6.07) is 0. The molecular weight excluding hydrogens is 460 g/mol. The lowest BCUT2D eigenvalue weighted by Gasteiger charge is -2.58. The molecule has 0 amide bonds. The highest BCUT2D eigenvalue weighted by Crippen LogP contribution is 2.68. The number of ether oxygens (including phenoxy) is 4. The third-order valence-electron chi connectivity index (χ3n) is 11.9. The fourth-order valence-electron chi connectivity index (χ4n) is 9.95. The largest absolute Gasteiger partial charge is 0.463 e. The van der Waals surface area contributed by atoms with Crippen LogP contribution in [0.25, 0.3) is 0 Å². The SMILES string of the molecule is CC(=O)O[C@H]1CC[C@@]2(C)[C@@H](CC[C@@H]3[C@@H]2CC(=O)O[C@]2(C)[C@@H]4[C@H](C[C@]32O)O[C@]2(CC[C@@H](C)CO2)[C@H]4C)C1. The van der Waals surface area contributed by atoms with Crippen LogP contribution in [-0.2, 0) is 28.5 Å². The zero-order valence-corrected chi connectivity index (χ0v) is 22.6. The topological polar surface area (TPSA) is 91.3 Å². The van der Waals surface area contributed by atoms with E-state index in [1.807, 2.05) is 6.92 Å². The van der Waals surface area contributed by atoms with E-state index in [0.717, 1.165) is 44.9 Å². The van der Waals surface area contributed by atoms with Gasteiger partial charge in [0.1, 0.15) is 17.3 Å². The molecule has 0 bridgehead atoms. The van der Waals surface area contributed by atoms with Gasteiger partial charge in [-0.1, -0.05) is 20.8 Å². The van der Waals surface area contributed by atoms with Crippen LogP contribution in [0.5, 0.6) is 0 Å². The summed E-state index contributed by atoms with van der Waals surface area (Å²) >= 11 is 0. The summed E-state index contributed by atoms with van der Waals surface area (Å²) in [7, 11) is 0. The van der Waals surface area contributed by atoms with Crippen molar-refractivity contribution in [1.29, 1.82) is 0 Å². The highest BCUT2D eigenvalue weighted by atomic mass is 16.7. The van der Waals surface area contributed by atoms with Crippen molar-refractivity contribution in [3.63, 3.8) is 0 Å². The molecule has 1 spiro atoms. The summed E-state index contributed by atoms with van der Waals surface area (Å²) < 4.78 is 25.0. The lowest BCUT2D eigenvalue weighted by molar-refractivity contribution is -0.281. The fraction of sp³-hybridized carbons (Fsp3) is 0.931. The molecule has 36 heavy (non-hydrogen) atoms. The van der Waals surface area contributed by atoms with E-state index in [4.69, 9.17) is 18.9 Å². The summed E-state index contributed by atoms with van der Waals surface area (Å²) in [6.07, 6.45) is 6.89. The summed E-state index contributed by atoms with van der Waals surface area (Å²) in [4.78, 5) is 25.1. The van der Waals surface area contributed by atoms with Gasteiger partial charge in [0, 0.05) is 38.0 Å². The second-order valence-electron chi connectivity index (χ2n) is 13.6. The highest BCUT2D eigenvalue weighted by Gasteiger charge is 2.76. The van der Waals surface area contributed by atoms with Crippen molar-refractivity contribution < 1.29 is 33.6 Å². The van der Waals surface area contributed by atoms with Crippen molar-refractivity contribution in [2.75, 3.05) is 6.61 Å². The quantitative estimate of drug-likeness (QED) is 0.530. The minimum atomic E-state index is -1.13. The Morgan fingerprint density at radius 1 is 1.08 bits per heavy atom. The van der Waals surface area contributed by atoms with Crippen LogP contribution in [0.1, 0.15) is 92.4 Å². The van der Waals surface area contributed by atoms with E-state index in [1.54, 1.807) is 0 Å². The number of esters is 2. The molecule has 7 heteroatoms. The second-order valence-corrected chi connectivity index (χ2v) is 13.6. The van der Waals surface area contributed by atoms with Crippen LogP contribution in [0.15, 0.2) is 0 Å². The average molecular weight is 505 g/mol. The van der Waals surface area contributed by atoms with Crippen molar-refractivity contribution in [3.05, 3.63) is 0 Å². The number of carbonyl (C=O) groups is 2. The van der Waals surface area contributed by atoms with Crippen molar-refractivity contribution in [1.82, 2.24) is 0 Å². The Balaban J connectivity index is 1.31. The van der Waals surface area contributed by atoms with Gasteiger partial charge >= 0.3 is 11.9 Å². The molecule has 3 aliphatic carbocycles. The van der Waals surface area contributed by atoms with Gasteiger partial charge in [-0.05, 0) is 74.5 Å². The first kappa shape index (κ1) is 25.1. The van der Waals surface area contributed by atoms with Gasteiger partial charge in [-0.25, -0.2) is 0 Å². The minimum absolute atomic E-state index is 0.0230. The van der Waals surface area contributed by atoms with Crippen molar-refractivity contribution in [2.45, 2.75) is 122 Å². The standard InChI is InChI=1S/C29H44O7/c1-16-8-11-29(33-15-16)17(2)25-23(35-29)14-28(32)21-7-6-19-12-20(34-18(3)30)9-10-26(19,4)22(21)13-24(31)36-27(25,28)5/h16-17,19-23,25,32H,6-15H2,1-5H3/t16-,17+,19+,20+,21-,22+,23+,25+,26+,27-,28+,29-/m1/s1. The van der Waals surface area contributed by atoms with E-state index in [-0.39, 0.29) is 53.2 Å². The van der Waals surface area contributed by atoms with Crippen molar-refractivity contribution in [3.8, 4) is 0 Å². The maximum Gasteiger partial charge on any atom is 0.306 e. The summed E-state index contributed by atoms with van der Waals surface area (Å²) in [5, 5.41) is 12.6. The van der Waals surface area contributed by atoms with Crippen molar-refractivity contribution in [2.24, 2.45) is 40.9 Å². The molecule has 0 unspecified atom stereocenters. The molecule has 0 aromatic carbocycles. The van der Waals surface area contributed by atoms with E-state index < -0.39 is 17.0 Å². The van der Waals surface area contributed by atoms with Crippen LogP contribution in [-0.4, -0.2) is 52.8 Å². The van der Waals surface area contributed by atoms with E-state index in [9.17, 15) is 14.7 Å². The number of aliphatic hydroxyl groups is 1. The Hall–Kier alpha value is -1.18. The third kappa shape index (κ3) is 3.34. The molecular formula is C29H44O7. The van der Waals surface area contributed by atoms with Gasteiger partial charge in [-0.2, -0.15) is 0 Å². The van der Waals surface area contributed by atoms with Gasteiger partial charge in [0.25, 0.3) is 0 Å². The predicted octanol–water partition coefficient (Wildman–Crippen LogP) is 4.39. The first-order chi connectivity index (χ1) is 16.9. The third-order valence-corrected chi connectivity index (χ3v) is 11.9. The van der Waals surface area contributed by atoms with Crippen LogP contribution < -0.4 is 0 Å². The lowest BCUT2D eigenvalue weighted by atomic mass is 9.48. The van der Waals surface area contributed by atoms with Crippen LogP contribution in [0.2, 0.25) is 0 Å². The summed E-state index contributed by atoms with van der Waals surface area (Å²) in [5.74, 6) is -0.205. The molecule has 6 fully saturated rings. The highest BCUT2D eigenvalue weighted by molar-refractivity contribution is 5.71. The molecule has 0 aromatic rings. The van der Waals surface area contributed by atoms with Crippen LogP contribution in [0.3, 0.4) is 0 Å². The molecule has 3 aliphatic heterocycles. The number of hydrogen-bond donors (Lipinski definition) is 1. The average Bonchev–Trinajstić information content (AvgIpc) is 3.15. The minimum Gasteiger partial charge on any atom is -0.463 e. The Bertz CT molecular complexity index is 927. The van der Waals surface area contributed by atoms with Gasteiger partial charge in [0.05, 0.1) is 12.7 Å². The van der Waals surface area contributed by atoms with Crippen LogP contribution >= 0.6 is 0 Å². The van der Waals surface area contributed by atoms with E-state index in [2.05, 4.69) is 20.8 Å². The number of rotatable bonds is 1. The van der Waals surface area contributed by atoms with E-state index >= 15 is 0 Å². The fourth-order valence-corrected chi connectivity index (χ4v) is 9.95. The molecule has 0 aromatic heterocycles. The molecule has 7 nitrogen and oxygen atoms in total. The van der Waals surface area contributed by atoms with E-state index in [0.29, 0.717) is 31.3 Å². The maximum atomic E-state index is 13.5. The smallest absolute Gasteiger partial charge is 0.306 e. The van der Waals surface area contributed by atoms with Gasteiger partial charge in [-0.3, -0.25) is 9.59 Å². The molecule has 6 aliphatic rings. The molecule has 12 atom stereocenters. The first-order valence-corrected chi connectivity index (χ1v) is 14.3. The Labute approximate surface area is 214 Å². The molecule has 202 valence electrons. The van der Waals surface area contributed by atoms with Gasteiger partial charge < -0.3 is 24.1 Å². The van der Waals surface area contributed by atoms with Crippen LogP contribution in [0.4, 0.5) is 0 Å². The van der Waals surface area contributed by atoms with Gasteiger partial charge in [-0.15, -0.1) is 0 Å². The maximum absolute atomic E-state index is 13.5. The van der Waals surface area contributed by atoms with Gasteiger partial charge in [0.15, 0.2) is 5.79 Å². The van der Waals surface area contributed by atoms with Gasteiger partial charge in [0.2, 0.25) is 0 Å². The Morgan fingerprint density at radius 3 is 2.56 bits per heavy atom. The molecule has 1 N–H and O–H groups in total. The molecule has 3 saturated heterocycles. The van der Waals surface area contributed by atoms with Crippen molar-refractivity contribution >= 4 is 11.9 Å². The van der Waals surface area contributed by atoms with E-state index in [1.165, 1.54) is 6.92 Å². The number of hydrogen-bond acceptors (Lipinski definition) is 7. The monoisotopic (exact) mass is 504 g/mol. The lowest BCUT2D eigenvalue weighted by Crippen LogP contribution is -2.62. The van der Waals surface area contributed by atoms with Crippen LogP contribution in [0, 0.1) is 40.9 Å². The normalized spacial score (nSPS) is 56.1. The predicted molar refractivity (Wildman–Crippen MR) is 131 cm³/mol. The first-order valence-electron chi connectivity index (χ1n) is 14.3. The summed E-state index contributed by atoms with van der Waals surface area (Å²) in [6.45, 7) is 10.8. The molecule has 3 saturated carbocycles. The molecule has 3 heterocycles. The number of carbonyl (C=O) groups excluding carboxylic acids is 2. The summed E-state index contributed by atoms with van der Waals surface area (Å²) in [5.41, 5.74) is -2.22. The number of fused-ring (bicyclic) bond motifs is 7. The second kappa shape index (κ2) is 8.16.